The Morgan fingerprint density at radius 2 is 1.76 bits per heavy atom. The summed E-state index contributed by atoms with van der Waals surface area (Å²) in [5.74, 6) is -1.49. The lowest BCUT2D eigenvalue weighted by Gasteiger charge is -2.34. The van der Waals surface area contributed by atoms with E-state index in [4.69, 9.17) is 0 Å². The van der Waals surface area contributed by atoms with Gasteiger partial charge in [-0.05, 0) is 43.9 Å². The van der Waals surface area contributed by atoms with Crippen molar-refractivity contribution in [1.29, 1.82) is 0 Å². The first kappa shape index (κ1) is 20.6. The molecule has 2 unspecified atom stereocenters. The average Bonchev–Trinajstić information content (AvgIpc) is 2.74. The van der Waals surface area contributed by atoms with Gasteiger partial charge in [0.15, 0.2) is 0 Å². The molecule has 2 N–H and O–H groups in total. The van der Waals surface area contributed by atoms with Crippen LogP contribution in [0.3, 0.4) is 0 Å². The van der Waals surface area contributed by atoms with E-state index in [2.05, 4.69) is 5.32 Å². The summed E-state index contributed by atoms with van der Waals surface area (Å²) in [6, 6.07) is 15.2. The Balaban J connectivity index is 1.78. The van der Waals surface area contributed by atoms with Crippen molar-refractivity contribution >= 4 is 17.8 Å². The van der Waals surface area contributed by atoms with Gasteiger partial charge >= 0.3 is 5.97 Å². The maximum absolute atomic E-state index is 13.0. The normalized spacial score (nSPS) is 17.4. The molecule has 0 bridgehead atoms. The van der Waals surface area contributed by atoms with Crippen LogP contribution in [0.2, 0.25) is 0 Å². The van der Waals surface area contributed by atoms with E-state index < -0.39 is 18.1 Å². The molecule has 0 radical (unpaired) electrons. The maximum atomic E-state index is 13.0. The van der Waals surface area contributed by atoms with Crippen molar-refractivity contribution in [3.63, 3.8) is 0 Å². The summed E-state index contributed by atoms with van der Waals surface area (Å²) in [5.41, 5.74) is 2.39. The highest BCUT2D eigenvalue weighted by Gasteiger charge is 2.33. The number of carboxylic acids is 1. The van der Waals surface area contributed by atoms with E-state index in [-0.39, 0.29) is 18.2 Å². The Morgan fingerprint density at radius 3 is 2.41 bits per heavy atom. The summed E-state index contributed by atoms with van der Waals surface area (Å²) in [6.45, 7) is 2.38. The molecule has 1 saturated heterocycles. The fourth-order valence-electron chi connectivity index (χ4n) is 3.66. The SMILES string of the molecule is Cc1ccc(C(=O)NC(CC(=O)N2CCCCC2C(=O)O)c2ccccc2)cc1. The van der Waals surface area contributed by atoms with Crippen LogP contribution in [0.5, 0.6) is 0 Å². The summed E-state index contributed by atoms with van der Waals surface area (Å²) >= 11 is 0. The molecule has 3 rings (SSSR count). The van der Waals surface area contributed by atoms with E-state index in [1.165, 1.54) is 4.90 Å². The third-order valence-corrected chi connectivity index (χ3v) is 5.31. The first-order valence-electron chi connectivity index (χ1n) is 9.90. The zero-order valence-electron chi connectivity index (χ0n) is 16.5. The second kappa shape index (κ2) is 9.37. The number of aliphatic carboxylic acids is 1. The summed E-state index contributed by atoms with van der Waals surface area (Å²) in [7, 11) is 0. The molecule has 2 aromatic rings. The van der Waals surface area contributed by atoms with Gasteiger partial charge in [-0.3, -0.25) is 9.59 Å². The number of hydrogen-bond donors (Lipinski definition) is 2. The number of benzene rings is 2. The predicted molar refractivity (Wildman–Crippen MR) is 109 cm³/mol. The number of nitrogens with zero attached hydrogens (tertiary/aromatic N) is 1. The smallest absolute Gasteiger partial charge is 0.326 e. The Labute approximate surface area is 170 Å². The molecule has 2 aromatic carbocycles. The minimum absolute atomic E-state index is 0.0192. The number of aryl methyl sites for hydroxylation is 1. The zero-order chi connectivity index (χ0) is 20.8. The Bertz CT molecular complexity index is 864. The zero-order valence-corrected chi connectivity index (χ0v) is 16.5. The highest BCUT2D eigenvalue weighted by Crippen LogP contribution is 2.23. The number of piperidine rings is 1. The molecule has 0 aromatic heterocycles. The van der Waals surface area contributed by atoms with Crippen molar-refractivity contribution in [3.05, 3.63) is 71.3 Å². The number of carbonyl (C=O) groups is 3. The number of nitrogens with one attached hydrogen (secondary N) is 1. The van der Waals surface area contributed by atoms with Gasteiger partial charge in [-0.1, -0.05) is 48.0 Å². The van der Waals surface area contributed by atoms with Gasteiger partial charge < -0.3 is 15.3 Å². The number of likely N-dealkylation sites (tertiary alicyclic amines) is 1. The summed E-state index contributed by atoms with van der Waals surface area (Å²) in [4.78, 5) is 38.7. The van der Waals surface area contributed by atoms with E-state index in [9.17, 15) is 19.5 Å². The molecule has 152 valence electrons. The van der Waals surface area contributed by atoms with Crippen LogP contribution in [0.1, 0.15) is 53.2 Å². The molecule has 6 heteroatoms. The van der Waals surface area contributed by atoms with Gasteiger partial charge in [0.2, 0.25) is 5.91 Å². The average molecular weight is 394 g/mol. The fourth-order valence-corrected chi connectivity index (χ4v) is 3.66. The minimum Gasteiger partial charge on any atom is -0.480 e. The van der Waals surface area contributed by atoms with Crippen molar-refractivity contribution < 1.29 is 19.5 Å². The van der Waals surface area contributed by atoms with Gasteiger partial charge in [0.25, 0.3) is 5.91 Å². The monoisotopic (exact) mass is 394 g/mol. The first-order chi connectivity index (χ1) is 14.0. The van der Waals surface area contributed by atoms with E-state index >= 15 is 0 Å². The van der Waals surface area contributed by atoms with Crippen LogP contribution in [0.25, 0.3) is 0 Å². The van der Waals surface area contributed by atoms with Crippen molar-refractivity contribution in [2.45, 2.75) is 44.7 Å². The highest BCUT2D eigenvalue weighted by atomic mass is 16.4. The number of hydrogen-bond acceptors (Lipinski definition) is 3. The largest absolute Gasteiger partial charge is 0.480 e. The molecule has 6 nitrogen and oxygen atoms in total. The quantitative estimate of drug-likeness (QED) is 0.787. The van der Waals surface area contributed by atoms with Gasteiger partial charge in [-0.25, -0.2) is 4.79 Å². The molecule has 1 heterocycles. The van der Waals surface area contributed by atoms with Crippen molar-refractivity contribution in [2.24, 2.45) is 0 Å². The molecule has 29 heavy (non-hydrogen) atoms. The number of carbonyl (C=O) groups excluding carboxylic acids is 2. The Hall–Kier alpha value is -3.15. The molecular formula is C23H26N2O4. The molecule has 0 aliphatic carbocycles. The van der Waals surface area contributed by atoms with E-state index in [1.807, 2.05) is 49.4 Å². The van der Waals surface area contributed by atoms with Crippen LogP contribution in [-0.2, 0) is 9.59 Å². The third kappa shape index (κ3) is 5.22. The minimum atomic E-state index is -0.974. The van der Waals surface area contributed by atoms with Crippen LogP contribution >= 0.6 is 0 Å². The van der Waals surface area contributed by atoms with Crippen LogP contribution in [-0.4, -0.2) is 40.4 Å². The summed E-state index contributed by atoms with van der Waals surface area (Å²) in [6.07, 6.45) is 2.08. The van der Waals surface area contributed by atoms with E-state index in [0.717, 1.165) is 24.0 Å². The van der Waals surface area contributed by atoms with Gasteiger partial charge in [0, 0.05) is 12.1 Å². The lowest BCUT2D eigenvalue weighted by Crippen LogP contribution is -2.49. The second-order valence-corrected chi connectivity index (χ2v) is 7.44. The van der Waals surface area contributed by atoms with Crippen molar-refractivity contribution in [3.8, 4) is 0 Å². The number of amides is 2. The van der Waals surface area contributed by atoms with Gasteiger partial charge in [-0.2, -0.15) is 0 Å². The van der Waals surface area contributed by atoms with Crippen molar-refractivity contribution in [1.82, 2.24) is 10.2 Å². The molecule has 2 atom stereocenters. The summed E-state index contributed by atoms with van der Waals surface area (Å²) in [5, 5.41) is 12.4. The van der Waals surface area contributed by atoms with Crippen LogP contribution in [0.15, 0.2) is 54.6 Å². The predicted octanol–water partition coefficient (Wildman–Crippen LogP) is 3.32. The van der Waals surface area contributed by atoms with E-state index in [0.29, 0.717) is 18.5 Å². The molecule has 0 saturated carbocycles. The topological polar surface area (TPSA) is 86.7 Å². The van der Waals surface area contributed by atoms with E-state index in [1.54, 1.807) is 12.1 Å². The second-order valence-electron chi connectivity index (χ2n) is 7.44. The molecule has 2 amide bonds. The molecular weight excluding hydrogens is 368 g/mol. The van der Waals surface area contributed by atoms with Gasteiger partial charge in [0.05, 0.1) is 12.5 Å². The Kier molecular flexibility index (Phi) is 6.65. The van der Waals surface area contributed by atoms with Crippen LogP contribution in [0, 0.1) is 6.92 Å². The standard InChI is InChI=1S/C23H26N2O4/c1-16-10-12-18(13-11-16)22(27)24-19(17-7-3-2-4-8-17)15-21(26)25-14-6-5-9-20(25)23(28)29/h2-4,7-8,10-13,19-20H,5-6,9,14-15H2,1H3,(H,24,27)(H,28,29). The number of rotatable bonds is 6. The molecule has 1 aliphatic heterocycles. The lowest BCUT2D eigenvalue weighted by molar-refractivity contribution is -0.152. The first-order valence-corrected chi connectivity index (χ1v) is 9.90. The molecule has 1 fully saturated rings. The Morgan fingerprint density at radius 1 is 1.07 bits per heavy atom. The number of carboxylic acid groups (broad SMARTS) is 1. The third-order valence-electron chi connectivity index (χ3n) is 5.31. The van der Waals surface area contributed by atoms with Crippen LogP contribution in [0.4, 0.5) is 0 Å². The van der Waals surface area contributed by atoms with Crippen molar-refractivity contribution in [2.75, 3.05) is 6.54 Å². The molecule has 0 spiro atoms. The molecule has 1 aliphatic rings. The fraction of sp³-hybridized carbons (Fsp3) is 0.348. The van der Waals surface area contributed by atoms with Gasteiger partial charge in [-0.15, -0.1) is 0 Å². The lowest BCUT2D eigenvalue weighted by atomic mass is 9.98. The van der Waals surface area contributed by atoms with Crippen LogP contribution < -0.4 is 5.32 Å². The highest BCUT2D eigenvalue weighted by molar-refractivity contribution is 5.95. The maximum Gasteiger partial charge on any atom is 0.326 e. The summed E-state index contributed by atoms with van der Waals surface area (Å²) < 4.78 is 0. The van der Waals surface area contributed by atoms with Gasteiger partial charge in [0.1, 0.15) is 6.04 Å².